The standard InChI is InChI=1S/C25H28N6O/c1-19-25(20(2)31(28-19)23-7-4-3-5-8-23)27-24(32)18-29-13-6-14-30(16-15-29)22-11-9-21(17-26)10-12-22/h3-5,7-12H,6,13-16,18H2,1-2H3,(H,27,32). The predicted molar refractivity (Wildman–Crippen MR) is 126 cm³/mol. The summed E-state index contributed by atoms with van der Waals surface area (Å²) in [5.41, 5.74) is 5.28. The molecule has 0 spiro atoms. The number of carbonyl (C=O) groups excluding carboxylic acids is 1. The molecule has 0 unspecified atom stereocenters. The van der Waals surface area contributed by atoms with Crippen LogP contribution < -0.4 is 10.2 Å². The minimum atomic E-state index is -0.0179. The fourth-order valence-corrected chi connectivity index (χ4v) is 4.16. The van der Waals surface area contributed by atoms with Gasteiger partial charge < -0.3 is 10.2 Å². The van der Waals surface area contributed by atoms with Crippen molar-refractivity contribution in [2.45, 2.75) is 20.3 Å². The summed E-state index contributed by atoms with van der Waals surface area (Å²) in [6, 6.07) is 19.8. The monoisotopic (exact) mass is 428 g/mol. The molecule has 2 aromatic carbocycles. The third kappa shape index (κ3) is 4.82. The molecule has 7 nitrogen and oxygen atoms in total. The van der Waals surface area contributed by atoms with Crippen molar-refractivity contribution in [2.24, 2.45) is 0 Å². The number of carbonyl (C=O) groups is 1. The van der Waals surface area contributed by atoms with Crippen LogP contribution in [0.3, 0.4) is 0 Å². The van der Waals surface area contributed by atoms with Gasteiger partial charge in [-0.2, -0.15) is 10.4 Å². The molecule has 164 valence electrons. The zero-order valence-electron chi connectivity index (χ0n) is 18.6. The van der Waals surface area contributed by atoms with Crippen LogP contribution >= 0.6 is 0 Å². The van der Waals surface area contributed by atoms with Gasteiger partial charge in [-0.25, -0.2) is 4.68 Å². The van der Waals surface area contributed by atoms with Crippen LogP contribution in [0.25, 0.3) is 5.69 Å². The van der Waals surface area contributed by atoms with E-state index in [1.807, 2.05) is 73.1 Å². The Kier molecular flexibility index (Phi) is 6.52. The zero-order chi connectivity index (χ0) is 22.5. The topological polar surface area (TPSA) is 77.2 Å². The molecule has 0 radical (unpaired) electrons. The SMILES string of the molecule is Cc1nn(-c2ccccc2)c(C)c1NC(=O)CN1CCCN(c2ccc(C#N)cc2)CC1. The van der Waals surface area contributed by atoms with Crippen LogP contribution in [-0.2, 0) is 4.79 Å². The van der Waals surface area contributed by atoms with Crippen LogP contribution in [0.1, 0.15) is 23.4 Å². The average molecular weight is 429 g/mol. The first kappa shape index (κ1) is 21.6. The second kappa shape index (κ2) is 9.67. The first-order chi connectivity index (χ1) is 15.5. The summed E-state index contributed by atoms with van der Waals surface area (Å²) in [5, 5.41) is 16.7. The van der Waals surface area contributed by atoms with E-state index in [1.165, 1.54) is 0 Å². The number of anilines is 2. The molecule has 2 heterocycles. The van der Waals surface area contributed by atoms with Crippen LogP contribution in [0.5, 0.6) is 0 Å². The van der Waals surface area contributed by atoms with E-state index < -0.39 is 0 Å². The first-order valence-corrected chi connectivity index (χ1v) is 10.9. The van der Waals surface area contributed by atoms with E-state index in [2.05, 4.69) is 26.3 Å². The lowest BCUT2D eigenvalue weighted by Crippen LogP contribution is -2.36. The van der Waals surface area contributed by atoms with Crippen molar-refractivity contribution in [1.29, 1.82) is 5.26 Å². The predicted octanol–water partition coefficient (Wildman–Crippen LogP) is 3.51. The molecular formula is C25H28N6O. The summed E-state index contributed by atoms with van der Waals surface area (Å²) in [5.74, 6) is -0.0179. The van der Waals surface area contributed by atoms with Crippen molar-refractivity contribution in [3.63, 3.8) is 0 Å². The van der Waals surface area contributed by atoms with Gasteiger partial charge in [0.15, 0.2) is 0 Å². The van der Waals surface area contributed by atoms with Gasteiger partial charge in [0, 0.05) is 31.9 Å². The van der Waals surface area contributed by atoms with E-state index in [4.69, 9.17) is 5.26 Å². The number of hydrogen-bond donors (Lipinski definition) is 1. The Balaban J connectivity index is 1.36. The van der Waals surface area contributed by atoms with Gasteiger partial charge >= 0.3 is 0 Å². The molecule has 1 aromatic heterocycles. The molecule has 3 aromatic rings. The lowest BCUT2D eigenvalue weighted by molar-refractivity contribution is -0.117. The second-order valence-corrected chi connectivity index (χ2v) is 8.12. The quantitative estimate of drug-likeness (QED) is 0.673. The Hall–Kier alpha value is -3.63. The van der Waals surface area contributed by atoms with Gasteiger partial charge in [0.25, 0.3) is 0 Å². The molecule has 0 atom stereocenters. The second-order valence-electron chi connectivity index (χ2n) is 8.12. The first-order valence-electron chi connectivity index (χ1n) is 10.9. The molecule has 7 heteroatoms. The minimum absolute atomic E-state index is 0.0179. The summed E-state index contributed by atoms with van der Waals surface area (Å²) in [7, 11) is 0. The van der Waals surface area contributed by atoms with Crippen molar-refractivity contribution in [3.8, 4) is 11.8 Å². The number of benzene rings is 2. The number of aromatic nitrogens is 2. The highest BCUT2D eigenvalue weighted by molar-refractivity contribution is 5.93. The molecule has 1 amide bonds. The average Bonchev–Trinajstić information content (AvgIpc) is 2.97. The van der Waals surface area contributed by atoms with Crippen molar-refractivity contribution >= 4 is 17.3 Å². The summed E-state index contributed by atoms with van der Waals surface area (Å²) in [4.78, 5) is 17.3. The molecule has 1 aliphatic heterocycles. The maximum Gasteiger partial charge on any atom is 0.238 e. The van der Waals surface area contributed by atoms with Crippen molar-refractivity contribution in [1.82, 2.24) is 14.7 Å². The van der Waals surface area contributed by atoms with E-state index in [1.54, 1.807) is 0 Å². The molecule has 32 heavy (non-hydrogen) atoms. The Bertz CT molecular complexity index is 1110. The van der Waals surface area contributed by atoms with Crippen molar-refractivity contribution in [2.75, 3.05) is 42.9 Å². The van der Waals surface area contributed by atoms with E-state index in [9.17, 15) is 4.79 Å². The normalized spacial score (nSPS) is 14.6. The van der Waals surface area contributed by atoms with Gasteiger partial charge in [0.05, 0.1) is 40.9 Å². The lowest BCUT2D eigenvalue weighted by atomic mass is 10.2. The minimum Gasteiger partial charge on any atom is -0.370 e. The maximum absolute atomic E-state index is 12.8. The van der Waals surface area contributed by atoms with E-state index in [0.717, 1.165) is 61.0 Å². The van der Waals surface area contributed by atoms with Crippen LogP contribution in [0.2, 0.25) is 0 Å². The third-order valence-electron chi connectivity index (χ3n) is 5.87. The lowest BCUT2D eigenvalue weighted by Gasteiger charge is -2.23. The van der Waals surface area contributed by atoms with Gasteiger partial charge in [0.1, 0.15) is 0 Å². The Morgan fingerprint density at radius 1 is 1.00 bits per heavy atom. The van der Waals surface area contributed by atoms with Crippen LogP contribution in [0, 0.1) is 25.2 Å². The number of para-hydroxylation sites is 1. The molecule has 0 bridgehead atoms. The fourth-order valence-electron chi connectivity index (χ4n) is 4.16. The number of aryl methyl sites for hydroxylation is 1. The van der Waals surface area contributed by atoms with E-state index in [-0.39, 0.29) is 5.91 Å². The van der Waals surface area contributed by atoms with Gasteiger partial charge in [0.2, 0.25) is 5.91 Å². The van der Waals surface area contributed by atoms with Crippen molar-refractivity contribution in [3.05, 3.63) is 71.5 Å². The molecule has 1 aliphatic rings. The zero-order valence-corrected chi connectivity index (χ0v) is 18.6. The molecule has 1 saturated heterocycles. The fraction of sp³-hybridized carbons (Fsp3) is 0.320. The molecular weight excluding hydrogens is 400 g/mol. The highest BCUT2D eigenvalue weighted by Crippen LogP contribution is 2.23. The van der Waals surface area contributed by atoms with Gasteiger partial charge in [-0.1, -0.05) is 18.2 Å². The van der Waals surface area contributed by atoms with Crippen LogP contribution in [-0.4, -0.2) is 53.3 Å². The number of nitriles is 1. The number of rotatable bonds is 5. The van der Waals surface area contributed by atoms with Gasteiger partial charge in [-0.3, -0.25) is 9.69 Å². The van der Waals surface area contributed by atoms with Gasteiger partial charge in [-0.15, -0.1) is 0 Å². The third-order valence-corrected chi connectivity index (χ3v) is 5.87. The van der Waals surface area contributed by atoms with E-state index in [0.29, 0.717) is 12.1 Å². The smallest absolute Gasteiger partial charge is 0.238 e. The molecule has 0 aliphatic carbocycles. The number of hydrogen-bond acceptors (Lipinski definition) is 5. The summed E-state index contributed by atoms with van der Waals surface area (Å²) in [6.45, 7) is 7.73. The summed E-state index contributed by atoms with van der Waals surface area (Å²) >= 11 is 0. The molecule has 4 rings (SSSR count). The van der Waals surface area contributed by atoms with Gasteiger partial charge in [-0.05, 0) is 56.7 Å². The summed E-state index contributed by atoms with van der Waals surface area (Å²) < 4.78 is 1.87. The largest absolute Gasteiger partial charge is 0.370 e. The van der Waals surface area contributed by atoms with Crippen molar-refractivity contribution < 1.29 is 4.79 Å². The van der Waals surface area contributed by atoms with E-state index >= 15 is 0 Å². The summed E-state index contributed by atoms with van der Waals surface area (Å²) in [6.07, 6.45) is 0.983. The number of nitrogens with one attached hydrogen (secondary N) is 1. The number of amides is 1. The highest BCUT2D eigenvalue weighted by atomic mass is 16.2. The maximum atomic E-state index is 12.8. The Morgan fingerprint density at radius 3 is 2.47 bits per heavy atom. The number of nitrogens with zero attached hydrogens (tertiary/aromatic N) is 5. The Labute approximate surface area is 188 Å². The molecule has 0 saturated carbocycles. The highest BCUT2D eigenvalue weighted by Gasteiger charge is 2.20. The van der Waals surface area contributed by atoms with Crippen LogP contribution in [0.4, 0.5) is 11.4 Å². The molecule has 1 N–H and O–H groups in total. The Morgan fingerprint density at radius 2 is 1.75 bits per heavy atom. The molecule has 1 fully saturated rings. The van der Waals surface area contributed by atoms with Crippen LogP contribution in [0.15, 0.2) is 54.6 Å².